The molecule has 100 valence electrons. The number of aromatic hydroxyl groups is 1. The molecular formula is C14H21NO3. The Morgan fingerprint density at radius 3 is 2.89 bits per heavy atom. The van der Waals surface area contributed by atoms with Gasteiger partial charge in [0.25, 0.3) is 0 Å². The van der Waals surface area contributed by atoms with Crippen LogP contribution < -0.4 is 4.74 Å². The lowest BCUT2D eigenvalue weighted by Crippen LogP contribution is -2.47. The number of nitrogens with zero attached hydrogens (tertiary/aromatic N) is 1. The maximum Gasteiger partial charge on any atom is 0.120 e. The minimum absolute atomic E-state index is 0.118. The van der Waals surface area contributed by atoms with Gasteiger partial charge in [-0.2, -0.15) is 0 Å². The lowest BCUT2D eigenvalue weighted by Gasteiger charge is -2.38. The van der Waals surface area contributed by atoms with Gasteiger partial charge >= 0.3 is 0 Å². The van der Waals surface area contributed by atoms with Crippen LogP contribution in [0.15, 0.2) is 18.2 Å². The Kier molecular flexibility index (Phi) is 3.78. The molecule has 4 heteroatoms. The highest BCUT2D eigenvalue weighted by Gasteiger charge is 2.27. The van der Waals surface area contributed by atoms with Crippen LogP contribution in [0.1, 0.15) is 19.4 Å². The van der Waals surface area contributed by atoms with E-state index in [4.69, 9.17) is 9.47 Å². The number of hydrogen-bond donors (Lipinski definition) is 1. The van der Waals surface area contributed by atoms with Gasteiger partial charge in [0.1, 0.15) is 11.5 Å². The molecule has 0 unspecified atom stereocenters. The minimum atomic E-state index is -0.118. The molecule has 4 nitrogen and oxygen atoms in total. The summed E-state index contributed by atoms with van der Waals surface area (Å²) in [5.74, 6) is 1.09. The molecule has 0 amide bonds. The van der Waals surface area contributed by atoms with Crippen molar-refractivity contribution in [2.45, 2.75) is 26.0 Å². The third-order valence-corrected chi connectivity index (χ3v) is 3.19. The zero-order chi connectivity index (χ0) is 13.2. The topological polar surface area (TPSA) is 41.9 Å². The molecular weight excluding hydrogens is 230 g/mol. The fraction of sp³-hybridized carbons (Fsp3) is 0.571. The second-order valence-electron chi connectivity index (χ2n) is 5.31. The average Bonchev–Trinajstić information content (AvgIpc) is 2.31. The van der Waals surface area contributed by atoms with Crippen molar-refractivity contribution in [3.05, 3.63) is 23.8 Å². The van der Waals surface area contributed by atoms with Crippen molar-refractivity contribution in [1.29, 1.82) is 0 Å². The van der Waals surface area contributed by atoms with Gasteiger partial charge in [-0.3, -0.25) is 4.90 Å². The van der Waals surface area contributed by atoms with Gasteiger partial charge in [-0.15, -0.1) is 0 Å². The molecule has 0 bridgehead atoms. The van der Waals surface area contributed by atoms with E-state index < -0.39 is 0 Å². The van der Waals surface area contributed by atoms with Gasteiger partial charge in [-0.25, -0.2) is 0 Å². The van der Waals surface area contributed by atoms with Crippen molar-refractivity contribution in [1.82, 2.24) is 4.90 Å². The smallest absolute Gasteiger partial charge is 0.120 e. The number of hydrogen-bond acceptors (Lipinski definition) is 4. The van der Waals surface area contributed by atoms with Gasteiger partial charge in [0, 0.05) is 25.2 Å². The Balaban J connectivity index is 2.09. The van der Waals surface area contributed by atoms with E-state index in [1.807, 2.05) is 6.07 Å². The monoisotopic (exact) mass is 251 g/mol. The van der Waals surface area contributed by atoms with Crippen LogP contribution in [0.4, 0.5) is 0 Å². The van der Waals surface area contributed by atoms with Crippen LogP contribution in [0.2, 0.25) is 0 Å². The van der Waals surface area contributed by atoms with Gasteiger partial charge < -0.3 is 14.6 Å². The molecule has 1 saturated heterocycles. The largest absolute Gasteiger partial charge is 0.508 e. The first-order valence-electron chi connectivity index (χ1n) is 6.22. The zero-order valence-corrected chi connectivity index (χ0v) is 11.3. The summed E-state index contributed by atoms with van der Waals surface area (Å²) in [6.07, 6.45) is 0. The van der Waals surface area contributed by atoms with E-state index >= 15 is 0 Å². The highest BCUT2D eigenvalue weighted by molar-refractivity contribution is 5.39. The highest BCUT2D eigenvalue weighted by atomic mass is 16.5. The number of methoxy groups -OCH3 is 1. The average molecular weight is 251 g/mol. The lowest BCUT2D eigenvalue weighted by atomic mass is 10.1. The van der Waals surface area contributed by atoms with Crippen molar-refractivity contribution >= 4 is 0 Å². The molecule has 2 rings (SSSR count). The summed E-state index contributed by atoms with van der Waals surface area (Å²) < 4.78 is 10.9. The predicted octanol–water partition coefficient (Wildman–Crippen LogP) is 2.01. The quantitative estimate of drug-likeness (QED) is 0.892. The van der Waals surface area contributed by atoms with Crippen LogP contribution in [0.25, 0.3) is 0 Å². The molecule has 1 heterocycles. The Morgan fingerprint density at radius 2 is 2.22 bits per heavy atom. The molecule has 0 saturated carbocycles. The summed E-state index contributed by atoms with van der Waals surface area (Å²) in [5.41, 5.74) is 0.777. The number of rotatable bonds is 3. The first-order chi connectivity index (χ1) is 8.50. The SMILES string of the molecule is COc1ccc(O)c(CN2CCOC(C)(C)C2)c1. The van der Waals surface area contributed by atoms with Gasteiger partial charge in [-0.05, 0) is 32.0 Å². The summed E-state index contributed by atoms with van der Waals surface area (Å²) in [6, 6.07) is 5.33. The number of phenols is 1. The fourth-order valence-electron chi connectivity index (χ4n) is 2.31. The van der Waals surface area contributed by atoms with Gasteiger partial charge in [0.2, 0.25) is 0 Å². The third-order valence-electron chi connectivity index (χ3n) is 3.19. The molecule has 0 aliphatic carbocycles. The lowest BCUT2D eigenvalue weighted by molar-refractivity contribution is -0.0883. The molecule has 18 heavy (non-hydrogen) atoms. The Hall–Kier alpha value is -1.26. The van der Waals surface area contributed by atoms with Gasteiger partial charge in [0.05, 0.1) is 19.3 Å². The molecule has 0 radical (unpaired) electrons. The highest BCUT2D eigenvalue weighted by Crippen LogP contribution is 2.26. The van der Waals surface area contributed by atoms with E-state index in [1.165, 1.54) is 0 Å². The van der Waals surface area contributed by atoms with E-state index in [1.54, 1.807) is 19.2 Å². The standard InChI is InChI=1S/C14H21NO3/c1-14(2)10-15(6-7-18-14)9-11-8-12(17-3)4-5-13(11)16/h4-5,8,16H,6-7,9-10H2,1-3H3. The first-order valence-corrected chi connectivity index (χ1v) is 6.22. The van der Waals surface area contributed by atoms with E-state index in [9.17, 15) is 5.11 Å². The fourth-order valence-corrected chi connectivity index (χ4v) is 2.31. The molecule has 1 aliphatic heterocycles. The summed E-state index contributed by atoms with van der Waals surface area (Å²) >= 11 is 0. The minimum Gasteiger partial charge on any atom is -0.508 e. The van der Waals surface area contributed by atoms with E-state index in [0.29, 0.717) is 5.75 Å². The number of phenolic OH excluding ortho intramolecular Hbond substituents is 1. The van der Waals surface area contributed by atoms with Crippen LogP contribution in [0.3, 0.4) is 0 Å². The summed E-state index contributed by atoms with van der Waals surface area (Å²) in [5, 5.41) is 9.88. The maximum atomic E-state index is 9.88. The van der Waals surface area contributed by atoms with E-state index in [-0.39, 0.29) is 5.60 Å². The van der Waals surface area contributed by atoms with E-state index in [2.05, 4.69) is 18.7 Å². The molecule has 0 atom stereocenters. The molecule has 0 spiro atoms. The second kappa shape index (κ2) is 5.16. The van der Waals surface area contributed by atoms with Crippen LogP contribution >= 0.6 is 0 Å². The molecule has 1 aliphatic rings. The van der Waals surface area contributed by atoms with Crippen molar-refractivity contribution in [3.63, 3.8) is 0 Å². The molecule has 1 N–H and O–H groups in total. The molecule has 1 aromatic carbocycles. The van der Waals surface area contributed by atoms with Crippen LogP contribution in [0, 0.1) is 0 Å². The molecule has 1 aromatic rings. The van der Waals surface area contributed by atoms with Crippen molar-refractivity contribution in [2.75, 3.05) is 26.8 Å². The first kappa shape index (κ1) is 13.2. The normalized spacial score (nSPS) is 19.7. The van der Waals surface area contributed by atoms with Gasteiger partial charge in [0.15, 0.2) is 0 Å². The predicted molar refractivity (Wildman–Crippen MR) is 70.0 cm³/mol. The number of morpholine rings is 1. The van der Waals surface area contributed by atoms with E-state index in [0.717, 1.165) is 37.6 Å². The summed E-state index contributed by atoms with van der Waals surface area (Å²) in [7, 11) is 1.63. The van der Waals surface area contributed by atoms with Crippen molar-refractivity contribution < 1.29 is 14.6 Å². The number of ether oxygens (including phenoxy) is 2. The zero-order valence-electron chi connectivity index (χ0n) is 11.3. The number of benzene rings is 1. The summed E-state index contributed by atoms with van der Waals surface area (Å²) in [4.78, 5) is 2.29. The van der Waals surface area contributed by atoms with Gasteiger partial charge in [-0.1, -0.05) is 0 Å². The van der Waals surface area contributed by atoms with Crippen LogP contribution in [-0.2, 0) is 11.3 Å². The summed E-state index contributed by atoms with van der Waals surface area (Å²) in [6.45, 7) is 7.38. The Morgan fingerprint density at radius 1 is 1.44 bits per heavy atom. The Labute approximate surface area is 108 Å². The van der Waals surface area contributed by atoms with Crippen LogP contribution in [0.5, 0.6) is 11.5 Å². The Bertz CT molecular complexity index is 418. The van der Waals surface area contributed by atoms with Crippen LogP contribution in [-0.4, -0.2) is 42.4 Å². The van der Waals surface area contributed by atoms with Crippen molar-refractivity contribution in [3.8, 4) is 11.5 Å². The second-order valence-corrected chi connectivity index (χ2v) is 5.31. The molecule has 0 aromatic heterocycles. The third kappa shape index (κ3) is 3.15. The maximum absolute atomic E-state index is 9.88. The molecule has 1 fully saturated rings. The van der Waals surface area contributed by atoms with Crippen molar-refractivity contribution in [2.24, 2.45) is 0 Å².